The Bertz CT molecular complexity index is 1110. The number of benzene rings is 2. The van der Waals surface area contributed by atoms with E-state index in [1.165, 1.54) is 7.11 Å². The van der Waals surface area contributed by atoms with Gasteiger partial charge < -0.3 is 15.4 Å². The quantitative estimate of drug-likeness (QED) is 0.596. The summed E-state index contributed by atoms with van der Waals surface area (Å²) in [6, 6.07) is 16.2. The van der Waals surface area contributed by atoms with Crippen molar-refractivity contribution in [2.24, 2.45) is 0 Å². The van der Waals surface area contributed by atoms with Crippen LogP contribution in [0.4, 0.5) is 17.3 Å². The highest BCUT2D eigenvalue weighted by Crippen LogP contribution is 2.23. The lowest BCUT2D eigenvalue weighted by Gasteiger charge is -2.10. The molecule has 0 aliphatic rings. The third-order valence-corrected chi connectivity index (χ3v) is 4.06. The van der Waals surface area contributed by atoms with Gasteiger partial charge in [0.25, 0.3) is 5.56 Å². The van der Waals surface area contributed by atoms with Crippen molar-refractivity contribution in [1.29, 1.82) is 5.26 Å². The molecule has 146 valence electrons. The van der Waals surface area contributed by atoms with Crippen molar-refractivity contribution >= 4 is 23.2 Å². The lowest BCUT2D eigenvalue weighted by atomic mass is 10.1. The van der Waals surface area contributed by atoms with Gasteiger partial charge in [-0.15, -0.1) is 0 Å². The van der Waals surface area contributed by atoms with E-state index < -0.39 is 5.56 Å². The second-order valence-electron chi connectivity index (χ2n) is 6.30. The van der Waals surface area contributed by atoms with Gasteiger partial charge in [0.2, 0.25) is 11.9 Å². The molecular weight excluding hydrogens is 370 g/mol. The molecule has 0 fully saturated rings. The zero-order valence-corrected chi connectivity index (χ0v) is 15.9. The maximum atomic E-state index is 12.4. The fraction of sp³-hybridized carbons (Fsp3) is 0.143. The SMILES string of the molecule is COCC(=O)Nc1ccc(-c2nc(Nc3ccc(C)cc3)[nH]c(=O)c2C#N)cc1. The van der Waals surface area contributed by atoms with Crippen LogP contribution in [0.25, 0.3) is 11.3 Å². The highest BCUT2D eigenvalue weighted by molar-refractivity contribution is 5.92. The molecule has 0 spiro atoms. The number of hydrogen-bond donors (Lipinski definition) is 3. The first kappa shape index (κ1) is 19.8. The fourth-order valence-electron chi connectivity index (χ4n) is 2.66. The van der Waals surface area contributed by atoms with Crippen LogP contribution in [0.3, 0.4) is 0 Å². The van der Waals surface area contributed by atoms with Crippen LogP contribution < -0.4 is 16.2 Å². The Morgan fingerprint density at radius 2 is 1.79 bits per heavy atom. The maximum absolute atomic E-state index is 12.4. The van der Waals surface area contributed by atoms with Gasteiger partial charge in [0, 0.05) is 24.0 Å². The van der Waals surface area contributed by atoms with Crippen LogP contribution in [0.5, 0.6) is 0 Å². The molecular formula is C21H19N5O3. The number of carbonyl (C=O) groups is 1. The van der Waals surface area contributed by atoms with E-state index in [0.717, 1.165) is 11.3 Å². The minimum absolute atomic E-state index is 0.0516. The number of aromatic nitrogens is 2. The molecule has 0 aliphatic carbocycles. The van der Waals surface area contributed by atoms with Gasteiger partial charge in [-0.3, -0.25) is 14.6 Å². The van der Waals surface area contributed by atoms with Crippen molar-refractivity contribution in [1.82, 2.24) is 9.97 Å². The first-order chi connectivity index (χ1) is 14.0. The van der Waals surface area contributed by atoms with Gasteiger partial charge in [-0.1, -0.05) is 29.8 Å². The van der Waals surface area contributed by atoms with Crippen LogP contribution in [0, 0.1) is 18.3 Å². The number of hydrogen-bond acceptors (Lipinski definition) is 6. The van der Waals surface area contributed by atoms with Crippen molar-refractivity contribution in [3.05, 3.63) is 70.0 Å². The summed E-state index contributed by atoms with van der Waals surface area (Å²) in [5.74, 6) is -0.0536. The average Bonchev–Trinajstić information content (AvgIpc) is 2.70. The van der Waals surface area contributed by atoms with E-state index in [4.69, 9.17) is 4.74 Å². The number of carbonyl (C=O) groups excluding carboxylic acids is 1. The highest BCUT2D eigenvalue weighted by atomic mass is 16.5. The summed E-state index contributed by atoms with van der Waals surface area (Å²) in [5, 5.41) is 15.1. The molecule has 3 N–H and O–H groups in total. The molecule has 3 rings (SSSR count). The van der Waals surface area contributed by atoms with Crippen LogP contribution >= 0.6 is 0 Å². The van der Waals surface area contributed by atoms with Gasteiger partial charge in [-0.25, -0.2) is 4.98 Å². The van der Waals surface area contributed by atoms with Gasteiger partial charge in [-0.05, 0) is 31.2 Å². The van der Waals surface area contributed by atoms with Crippen molar-refractivity contribution in [2.45, 2.75) is 6.92 Å². The van der Waals surface area contributed by atoms with Crippen LogP contribution in [0.15, 0.2) is 53.3 Å². The zero-order valence-electron chi connectivity index (χ0n) is 15.9. The van der Waals surface area contributed by atoms with Gasteiger partial charge >= 0.3 is 0 Å². The predicted molar refractivity (Wildman–Crippen MR) is 110 cm³/mol. The first-order valence-corrected chi connectivity index (χ1v) is 8.77. The van der Waals surface area contributed by atoms with Crippen LogP contribution in [0.1, 0.15) is 11.1 Å². The lowest BCUT2D eigenvalue weighted by Crippen LogP contribution is -2.17. The van der Waals surface area contributed by atoms with Crippen LogP contribution in [0.2, 0.25) is 0 Å². The molecule has 0 bridgehead atoms. The molecule has 29 heavy (non-hydrogen) atoms. The number of nitriles is 1. The number of nitrogens with zero attached hydrogens (tertiary/aromatic N) is 2. The van der Waals surface area contributed by atoms with E-state index in [2.05, 4.69) is 20.6 Å². The van der Waals surface area contributed by atoms with E-state index >= 15 is 0 Å². The molecule has 0 aliphatic heterocycles. The number of rotatable bonds is 6. The summed E-state index contributed by atoms with van der Waals surface area (Å²) < 4.78 is 4.78. The number of nitrogens with one attached hydrogen (secondary N) is 3. The Labute approximate surface area is 167 Å². The van der Waals surface area contributed by atoms with Gasteiger partial charge in [-0.2, -0.15) is 5.26 Å². The molecule has 8 nitrogen and oxygen atoms in total. The van der Waals surface area contributed by atoms with E-state index in [9.17, 15) is 14.9 Å². The Balaban J connectivity index is 1.92. The molecule has 0 saturated heterocycles. The van der Waals surface area contributed by atoms with E-state index in [0.29, 0.717) is 11.3 Å². The van der Waals surface area contributed by atoms with E-state index in [1.807, 2.05) is 37.3 Å². The van der Waals surface area contributed by atoms with Gasteiger partial charge in [0.05, 0.1) is 5.69 Å². The predicted octanol–water partition coefficient (Wildman–Crippen LogP) is 2.95. The molecule has 0 unspecified atom stereocenters. The van der Waals surface area contributed by atoms with Crippen LogP contribution in [-0.2, 0) is 9.53 Å². The summed E-state index contributed by atoms with van der Waals surface area (Å²) in [5.41, 5.74) is 2.63. The third kappa shape index (κ3) is 4.86. The molecule has 0 atom stereocenters. The molecule has 3 aromatic rings. The summed E-state index contributed by atoms with van der Waals surface area (Å²) in [4.78, 5) is 31.0. The molecule has 2 aromatic carbocycles. The standard InChI is InChI=1S/C21H19N5O3/c1-13-3-7-16(8-4-13)24-21-25-19(17(11-22)20(28)26-21)14-5-9-15(10-6-14)23-18(27)12-29-2/h3-10H,12H2,1-2H3,(H,23,27)(H2,24,25,26,28). The number of amides is 1. The Kier molecular flexibility index (Phi) is 6.02. The van der Waals surface area contributed by atoms with Crippen LogP contribution in [-0.4, -0.2) is 29.6 Å². The highest BCUT2D eigenvalue weighted by Gasteiger charge is 2.14. The summed E-state index contributed by atoms with van der Waals surface area (Å²) in [6.45, 7) is 1.93. The zero-order chi connectivity index (χ0) is 20.8. The topological polar surface area (TPSA) is 120 Å². The number of H-pyrrole nitrogens is 1. The molecule has 1 heterocycles. The third-order valence-electron chi connectivity index (χ3n) is 4.06. The van der Waals surface area contributed by atoms with E-state index in [1.54, 1.807) is 24.3 Å². The largest absolute Gasteiger partial charge is 0.375 e. The molecule has 0 saturated carbocycles. The van der Waals surface area contributed by atoms with Gasteiger partial charge in [0.15, 0.2) is 0 Å². The normalized spacial score (nSPS) is 10.2. The Morgan fingerprint density at radius 3 is 2.41 bits per heavy atom. The minimum atomic E-state index is -0.537. The molecule has 1 aromatic heterocycles. The summed E-state index contributed by atoms with van der Waals surface area (Å²) in [6.07, 6.45) is 0. The van der Waals surface area contributed by atoms with Crippen molar-refractivity contribution in [3.63, 3.8) is 0 Å². The average molecular weight is 389 g/mol. The van der Waals surface area contributed by atoms with Crippen molar-refractivity contribution in [2.75, 3.05) is 24.4 Å². The first-order valence-electron chi connectivity index (χ1n) is 8.77. The monoisotopic (exact) mass is 389 g/mol. The molecule has 8 heteroatoms. The maximum Gasteiger partial charge on any atom is 0.270 e. The number of ether oxygens (including phenoxy) is 1. The van der Waals surface area contributed by atoms with E-state index in [-0.39, 0.29) is 29.7 Å². The second kappa shape index (κ2) is 8.82. The number of methoxy groups -OCH3 is 1. The lowest BCUT2D eigenvalue weighted by molar-refractivity contribution is -0.119. The smallest absolute Gasteiger partial charge is 0.270 e. The number of anilines is 3. The summed E-state index contributed by atoms with van der Waals surface area (Å²) in [7, 11) is 1.44. The minimum Gasteiger partial charge on any atom is -0.375 e. The number of aromatic amines is 1. The van der Waals surface area contributed by atoms with Crippen molar-refractivity contribution in [3.8, 4) is 17.3 Å². The second-order valence-corrected chi connectivity index (χ2v) is 6.30. The number of aryl methyl sites for hydroxylation is 1. The van der Waals surface area contributed by atoms with Crippen molar-refractivity contribution < 1.29 is 9.53 Å². The molecule has 1 amide bonds. The Hall–Kier alpha value is -3.96. The molecule has 0 radical (unpaired) electrons. The fourth-order valence-corrected chi connectivity index (χ4v) is 2.66. The summed E-state index contributed by atoms with van der Waals surface area (Å²) >= 11 is 0. The Morgan fingerprint density at radius 1 is 1.14 bits per heavy atom. The van der Waals surface area contributed by atoms with Gasteiger partial charge in [0.1, 0.15) is 18.2 Å².